The highest BCUT2D eigenvalue weighted by molar-refractivity contribution is 5.69. The molecule has 0 aliphatic carbocycles. The Labute approximate surface area is 193 Å². The molecule has 0 rings (SSSR count). The van der Waals surface area contributed by atoms with Crippen LogP contribution < -0.4 is 0 Å². The SMILES string of the molecule is CCCC#CCCCOC(=O)CCCCCCCN(CCCO)CCCCCCCC. The molecule has 0 saturated heterocycles. The summed E-state index contributed by atoms with van der Waals surface area (Å²) in [5, 5.41) is 9.14. The number of esters is 1. The van der Waals surface area contributed by atoms with E-state index in [4.69, 9.17) is 9.84 Å². The van der Waals surface area contributed by atoms with E-state index in [1.165, 1.54) is 64.3 Å². The van der Waals surface area contributed by atoms with E-state index in [0.29, 0.717) is 13.0 Å². The number of rotatable bonds is 22. The molecule has 4 nitrogen and oxygen atoms in total. The average Bonchev–Trinajstić information content (AvgIpc) is 2.77. The molecule has 0 atom stereocenters. The van der Waals surface area contributed by atoms with Gasteiger partial charge in [-0.25, -0.2) is 0 Å². The van der Waals surface area contributed by atoms with Crippen LogP contribution in [-0.2, 0) is 9.53 Å². The number of ether oxygens (including phenoxy) is 1. The molecule has 0 heterocycles. The van der Waals surface area contributed by atoms with Crippen LogP contribution in [0.2, 0.25) is 0 Å². The lowest BCUT2D eigenvalue weighted by molar-refractivity contribution is -0.143. The molecule has 0 spiro atoms. The third-order valence-corrected chi connectivity index (χ3v) is 5.52. The maximum absolute atomic E-state index is 11.8. The van der Waals surface area contributed by atoms with Crippen LogP contribution in [-0.4, -0.2) is 48.8 Å². The summed E-state index contributed by atoms with van der Waals surface area (Å²) in [6.45, 7) is 8.50. The van der Waals surface area contributed by atoms with E-state index in [9.17, 15) is 4.79 Å². The number of unbranched alkanes of at least 4 members (excludes halogenated alkanes) is 11. The molecular weight excluding hydrogens is 386 g/mol. The third kappa shape index (κ3) is 23.4. The number of aliphatic hydroxyl groups is 1. The molecule has 182 valence electrons. The fourth-order valence-electron chi connectivity index (χ4n) is 3.60. The van der Waals surface area contributed by atoms with E-state index < -0.39 is 0 Å². The molecule has 0 amide bonds. The molecule has 0 aromatic rings. The van der Waals surface area contributed by atoms with Gasteiger partial charge in [0.15, 0.2) is 0 Å². The monoisotopic (exact) mass is 437 g/mol. The summed E-state index contributed by atoms with van der Waals surface area (Å²) < 4.78 is 5.28. The van der Waals surface area contributed by atoms with Crippen molar-refractivity contribution in [1.29, 1.82) is 0 Å². The summed E-state index contributed by atoms with van der Waals surface area (Å²) in [7, 11) is 0. The fourth-order valence-corrected chi connectivity index (χ4v) is 3.60. The number of carbonyl (C=O) groups is 1. The Hall–Kier alpha value is -1.05. The molecule has 4 heteroatoms. The van der Waals surface area contributed by atoms with Gasteiger partial charge in [-0.1, -0.05) is 65.2 Å². The average molecular weight is 438 g/mol. The van der Waals surface area contributed by atoms with Gasteiger partial charge >= 0.3 is 5.97 Å². The molecule has 0 bridgehead atoms. The second-order valence-corrected chi connectivity index (χ2v) is 8.63. The lowest BCUT2D eigenvalue weighted by atomic mass is 10.1. The zero-order valence-electron chi connectivity index (χ0n) is 20.8. The summed E-state index contributed by atoms with van der Waals surface area (Å²) in [6, 6.07) is 0. The van der Waals surface area contributed by atoms with Crippen molar-refractivity contribution in [2.45, 2.75) is 123 Å². The molecule has 0 aromatic carbocycles. The lowest BCUT2D eigenvalue weighted by Gasteiger charge is -2.22. The highest BCUT2D eigenvalue weighted by Crippen LogP contribution is 2.10. The molecule has 1 N–H and O–H groups in total. The summed E-state index contributed by atoms with van der Waals surface area (Å²) in [4.78, 5) is 14.3. The number of nitrogens with zero attached hydrogens (tertiary/aromatic N) is 1. The van der Waals surface area contributed by atoms with Crippen LogP contribution in [0.4, 0.5) is 0 Å². The third-order valence-electron chi connectivity index (χ3n) is 5.52. The van der Waals surface area contributed by atoms with Gasteiger partial charge in [-0.2, -0.15) is 0 Å². The van der Waals surface area contributed by atoms with Gasteiger partial charge in [0.2, 0.25) is 0 Å². The minimum absolute atomic E-state index is 0.0596. The van der Waals surface area contributed by atoms with Gasteiger partial charge in [0.05, 0.1) is 6.61 Å². The predicted octanol–water partition coefficient (Wildman–Crippen LogP) is 6.50. The molecular formula is C27H51NO3. The Morgan fingerprint density at radius 2 is 1.29 bits per heavy atom. The highest BCUT2D eigenvalue weighted by atomic mass is 16.5. The van der Waals surface area contributed by atoms with E-state index in [2.05, 4.69) is 30.6 Å². The largest absolute Gasteiger partial charge is 0.466 e. The smallest absolute Gasteiger partial charge is 0.305 e. The van der Waals surface area contributed by atoms with Crippen molar-refractivity contribution in [2.75, 3.05) is 32.8 Å². The number of aliphatic hydroxyl groups excluding tert-OH is 1. The molecule has 0 fully saturated rings. The summed E-state index contributed by atoms with van der Waals surface area (Å²) in [5.74, 6) is 6.17. The molecule has 31 heavy (non-hydrogen) atoms. The molecule has 0 aliphatic heterocycles. The number of hydrogen-bond donors (Lipinski definition) is 1. The van der Waals surface area contributed by atoms with Crippen molar-refractivity contribution in [1.82, 2.24) is 4.90 Å². The minimum atomic E-state index is -0.0596. The Morgan fingerprint density at radius 3 is 1.94 bits per heavy atom. The van der Waals surface area contributed by atoms with Gasteiger partial charge in [-0.05, 0) is 51.6 Å². The number of carbonyl (C=O) groups excluding carboxylic acids is 1. The van der Waals surface area contributed by atoms with Crippen molar-refractivity contribution in [3.05, 3.63) is 0 Å². The Kier molecular flexibility index (Phi) is 24.4. The van der Waals surface area contributed by atoms with E-state index >= 15 is 0 Å². The van der Waals surface area contributed by atoms with Crippen molar-refractivity contribution in [3.63, 3.8) is 0 Å². The van der Waals surface area contributed by atoms with Gasteiger partial charge in [-0.3, -0.25) is 4.79 Å². The van der Waals surface area contributed by atoms with Crippen LogP contribution in [0.25, 0.3) is 0 Å². The van der Waals surface area contributed by atoms with Crippen LogP contribution >= 0.6 is 0 Å². The topological polar surface area (TPSA) is 49.8 Å². The predicted molar refractivity (Wildman–Crippen MR) is 132 cm³/mol. The Bertz CT molecular complexity index is 441. The van der Waals surface area contributed by atoms with Gasteiger partial charge in [0.25, 0.3) is 0 Å². The first-order valence-electron chi connectivity index (χ1n) is 13.2. The first-order valence-corrected chi connectivity index (χ1v) is 13.2. The van der Waals surface area contributed by atoms with E-state index in [1.807, 2.05) is 0 Å². The zero-order chi connectivity index (χ0) is 22.8. The van der Waals surface area contributed by atoms with E-state index in [1.54, 1.807) is 0 Å². The summed E-state index contributed by atoms with van der Waals surface area (Å²) in [5.41, 5.74) is 0. The first-order chi connectivity index (χ1) is 15.2. The van der Waals surface area contributed by atoms with Gasteiger partial charge < -0.3 is 14.7 Å². The first kappa shape index (κ1) is 29.9. The second kappa shape index (κ2) is 25.2. The molecule has 0 aromatic heterocycles. The quantitative estimate of drug-likeness (QED) is 0.119. The van der Waals surface area contributed by atoms with Crippen LogP contribution in [0.15, 0.2) is 0 Å². The van der Waals surface area contributed by atoms with Crippen LogP contribution in [0.1, 0.15) is 123 Å². The molecule has 0 radical (unpaired) electrons. The summed E-state index contributed by atoms with van der Waals surface area (Å²) >= 11 is 0. The van der Waals surface area contributed by atoms with Crippen molar-refractivity contribution < 1.29 is 14.6 Å². The maximum Gasteiger partial charge on any atom is 0.305 e. The van der Waals surface area contributed by atoms with Crippen molar-refractivity contribution in [3.8, 4) is 11.8 Å². The van der Waals surface area contributed by atoms with Gasteiger partial charge in [0.1, 0.15) is 0 Å². The molecule has 0 saturated carbocycles. The standard InChI is InChI=1S/C27H51NO3/c1-3-5-7-9-13-17-22-28(24-20-25-29)23-18-14-11-12-16-21-27(30)31-26-19-15-10-8-6-4-2/h29H,3-7,9,11-26H2,1-2H3. The minimum Gasteiger partial charge on any atom is -0.466 e. The van der Waals surface area contributed by atoms with E-state index in [-0.39, 0.29) is 12.6 Å². The van der Waals surface area contributed by atoms with Crippen molar-refractivity contribution >= 4 is 5.97 Å². The van der Waals surface area contributed by atoms with Crippen LogP contribution in [0.3, 0.4) is 0 Å². The molecule has 0 unspecified atom stereocenters. The Balaban J connectivity index is 3.61. The van der Waals surface area contributed by atoms with Crippen LogP contribution in [0, 0.1) is 11.8 Å². The van der Waals surface area contributed by atoms with Gasteiger partial charge in [-0.15, -0.1) is 11.8 Å². The van der Waals surface area contributed by atoms with Gasteiger partial charge in [0, 0.05) is 32.4 Å². The number of hydrogen-bond acceptors (Lipinski definition) is 4. The van der Waals surface area contributed by atoms with Crippen LogP contribution in [0.5, 0.6) is 0 Å². The molecule has 0 aliphatic rings. The zero-order valence-corrected chi connectivity index (χ0v) is 20.8. The Morgan fingerprint density at radius 1 is 0.710 bits per heavy atom. The normalized spacial score (nSPS) is 10.8. The fraction of sp³-hybridized carbons (Fsp3) is 0.889. The maximum atomic E-state index is 11.8. The van der Waals surface area contributed by atoms with Crippen molar-refractivity contribution in [2.24, 2.45) is 0 Å². The highest BCUT2D eigenvalue weighted by Gasteiger charge is 2.05. The van der Waals surface area contributed by atoms with E-state index in [0.717, 1.165) is 58.0 Å². The second-order valence-electron chi connectivity index (χ2n) is 8.63. The lowest BCUT2D eigenvalue weighted by Crippen LogP contribution is -2.27. The summed E-state index contributed by atoms with van der Waals surface area (Å²) in [6.07, 6.45) is 18.8.